The van der Waals surface area contributed by atoms with Crippen LogP contribution < -0.4 is 24.8 Å². The number of halogens is 2. The van der Waals surface area contributed by atoms with Crippen molar-refractivity contribution >= 4 is 3.21 Å². The Kier molecular flexibility index (Phi) is 9.09. The van der Waals surface area contributed by atoms with Gasteiger partial charge in [0, 0.05) is 0 Å². The van der Waals surface area contributed by atoms with Gasteiger partial charge in [0.15, 0.2) is 0 Å². The summed E-state index contributed by atoms with van der Waals surface area (Å²) in [5.74, 6) is 0. The average molecular weight is 486 g/mol. The van der Waals surface area contributed by atoms with Gasteiger partial charge in [-0.3, -0.25) is 0 Å². The van der Waals surface area contributed by atoms with E-state index >= 15 is 0 Å². The summed E-state index contributed by atoms with van der Waals surface area (Å²) in [4.78, 5) is 0. The van der Waals surface area contributed by atoms with Crippen molar-refractivity contribution in [3.05, 3.63) is 116 Å². The van der Waals surface area contributed by atoms with Gasteiger partial charge in [-0.25, -0.2) is 0 Å². The molecule has 2 aliphatic carbocycles. The molecule has 0 nitrogen and oxygen atoms in total. The zero-order valence-electron chi connectivity index (χ0n) is 16.0. The van der Waals surface area contributed by atoms with Gasteiger partial charge < -0.3 is 24.8 Å². The van der Waals surface area contributed by atoms with Crippen LogP contribution in [0.2, 0.25) is 0 Å². The van der Waals surface area contributed by atoms with Gasteiger partial charge >= 0.3 is 168 Å². The Morgan fingerprint density at radius 1 is 0.857 bits per heavy atom. The van der Waals surface area contributed by atoms with Crippen LogP contribution >= 0.6 is 0 Å². The molecular formula is C25H23Cl2Zr. The van der Waals surface area contributed by atoms with Crippen LogP contribution in [0.1, 0.15) is 37.3 Å². The first-order valence-electron chi connectivity index (χ1n) is 9.40. The molecule has 0 amide bonds. The van der Waals surface area contributed by atoms with Gasteiger partial charge in [0.05, 0.1) is 0 Å². The van der Waals surface area contributed by atoms with Gasteiger partial charge in [0.1, 0.15) is 0 Å². The minimum absolute atomic E-state index is 0. The van der Waals surface area contributed by atoms with Crippen LogP contribution in [0.25, 0.3) is 0 Å². The predicted molar refractivity (Wildman–Crippen MR) is 108 cm³/mol. The van der Waals surface area contributed by atoms with E-state index in [2.05, 4.69) is 91.9 Å². The Morgan fingerprint density at radius 3 is 1.96 bits per heavy atom. The molecule has 2 aromatic carbocycles. The number of allylic oxidation sites excluding steroid dienone is 8. The number of benzene rings is 2. The third-order valence-corrected chi connectivity index (χ3v) is 9.09. The van der Waals surface area contributed by atoms with Crippen LogP contribution in [0.15, 0.2) is 105 Å². The van der Waals surface area contributed by atoms with Crippen molar-refractivity contribution in [2.24, 2.45) is 0 Å². The summed E-state index contributed by atoms with van der Waals surface area (Å²) in [5, 5.41) is 0. The van der Waals surface area contributed by atoms with E-state index in [0.717, 1.165) is 19.3 Å². The van der Waals surface area contributed by atoms with Gasteiger partial charge in [0.2, 0.25) is 0 Å². The first-order chi connectivity index (χ1) is 12.9. The van der Waals surface area contributed by atoms with Crippen molar-refractivity contribution < 1.29 is 47.6 Å². The standard InChI is InChI=1S/C13H10.C12H13.2ClH.Zr/c1-3-7-12(8-4-1)11-13-9-5-2-6-10-13;1-2-10-8-5-9-12(10)11-6-3-4-7-11;;;/h1-10H;3-4,6,9H,2,5,7H2,1H3;2*1H;/q;;;;+2/p-2. The van der Waals surface area contributed by atoms with E-state index in [-0.39, 0.29) is 24.8 Å². The van der Waals surface area contributed by atoms with E-state index in [9.17, 15) is 0 Å². The molecule has 0 saturated carbocycles. The maximum atomic E-state index is 2.49. The van der Waals surface area contributed by atoms with Crippen molar-refractivity contribution in [1.82, 2.24) is 0 Å². The van der Waals surface area contributed by atoms with Crippen LogP contribution in [-0.2, 0) is 22.8 Å². The Hall–Kier alpha value is -1.27. The smallest absolute Gasteiger partial charge is 1.00 e. The van der Waals surface area contributed by atoms with E-state index in [4.69, 9.17) is 0 Å². The number of rotatable bonds is 5. The SMILES string of the molecule is CCC1=[C]([Zr+2]=[C](c2ccccc2)c2ccccc2)CC=C1C1=CC=CC1.[Cl-].[Cl-]. The van der Waals surface area contributed by atoms with Crippen molar-refractivity contribution in [2.75, 3.05) is 0 Å². The summed E-state index contributed by atoms with van der Waals surface area (Å²) in [6, 6.07) is 22.0. The van der Waals surface area contributed by atoms with Gasteiger partial charge in [-0.15, -0.1) is 0 Å². The summed E-state index contributed by atoms with van der Waals surface area (Å²) in [7, 11) is 0. The van der Waals surface area contributed by atoms with E-state index in [0.29, 0.717) is 0 Å². The van der Waals surface area contributed by atoms with Crippen LogP contribution in [0.4, 0.5) is 0 Å². The molecule has 0 aliphatic heterocycles. The summed E-state index contributed by atoms with van der Waals surface area (Å²) >= 11 is -0.861. The average Bonchev–Trinajstić information content (AvgIpc) is 3.36. The first-order valence-corrected chi connectivity index (χ1v) is 11.9. The maximum Gasteiger partial charge on any atom is -1.00 e. The second-order valence-electron chi connectivity index (χ2n) is 6.69. The van der Waals surface area contributed by atoms with Gasteiger partial charge in [0.25, 0.3) is 0 Å². The summed E-state index contributed by atoms with van der Waals surface area (Å²) in [6.07, 6.45) is 12.7. The van der Waals surface area contributed by atoms with E-state index in [1.807, 2.05) is 0 Å². The van der Waals surface area contributed by atoms with Crippen molar-refractivity contribution in [2.45, 2.75) is 26.2 Å². The van der Waals surface area contributed by atoms with Crippen LogP contribution in [0.3, 0.4) is 0 Å². The van der Waals surface area contributed by atoms with E-state index in [1.54, 1.807) is 12.1 Å². The summed E-state index contributed by atoms with van der Waals surface area (Å²) in [6.45, 7) is 2.32. The fourth-order valence-corrected chi connectivity index (χ4v) is 7.70. The third kappa shape index (κ3) is 5.01. The topological polar surface area (TPSA) is 0 Å². The molecule has 0 atom stereocenters. The molecule has 0 saturated heterocycles. The Morgan fingerprint density at radius 2 is 1.46 bits per heavy atom. The number of hydrogen-bond donors (Lipinski definition) is 0. The molecule has 0 N–H and O–H groups in total. The second-order valence-corrected chi connectivity index (χ2v) is 10.0. The molecule has 3 heteroatoms. The summed E-state index contributed by atoms with van der Waals surface area (Å²) < 4.78 is 3.35. The minimum Gasteiger partial charge on any atom is -1.00 e. The fourth-order valence-electron chi connectivity index (χ4n) is 3.79. The predicted octanol–water partition coefficient (Wildman–Crippen LogP) is 0.226. The molecule has 141 valence electrons. The molecule has 0 radical (unpaired) electrons. The third-order valence-electron chi connectivity index (χ3n) is 5.07. The molecule has 28 heavy (non-hydrogen) atoms. The van der Waals surface area contributed by atoms with Crippen molar-refractivity contribution in [1.29, 1.82) is 0 Å². The van der Waals surface area contributed by atoms with Gasteiger partial charge in [-0.05, 0) is 0 Å². The normalized spacial score (nSPS) is 14.6. The molecule has 2 aliphatic rings. The number of hydrogen-bond acceptors (Lipinski definition) is 0. The molecule has 2 aromatic rings. The Bertz CT molecular complexity index is 907. The second kappa shape index (κ2) is 11.1. The molecule has 0 bridgehead atoms. The zero-order chi connectivity index (χ0) is 17.8. The van der Waals surface area contributed by atoms with E-state index < -0.39 is 22.8 Å². The quantitative estimate of drug-likeness (QED) is 0.569. The molecule has 0 heterocycles. The minimum atomic E-state index is -0.861. The van der Waals surface area contributed by atoms with Gasteiger partial charge in [-0.2, -0.15) is 0 Å². The summed E-state index contributed by atoms with van der Waals surface area (Å²) in [5.41, 5.74) is 7.49. The van der Waals surface area contributed by atoms with Crippen molar-refractivity contribution in [3.8, 4) is 0 Å². The fraction of sp³-hybridized carbons (Fsp3) is 0.160. The molecule has 0 fully saturated rings. The van der Waals surface area contributed by atoms with Crippen LogP contribution in [0, 0.1) is 0 Å². The van der Waals surface area contributed by atoms with Crippen molar-refractivity contribution in [3.63, 3.8) is 0 Å². The Balaban J connectivity index is 0.00000140. The Labute approximate surface area is 192 Å². The molecule has 0 spiro atoms. The largest absolute Gasteiger partial charge is 1.00 e. The first kappa shape index (κ1) is 23.0. The molecule has 4 rings (SSSR count). The van der Waals surface area contributed by atoms with Crippen LogP contribution in [0.5, 0.6) is 0 Å². The maximum absolute atomic E-state index is 2.49. The van der Waals surface area contributed by atoms with Gasteiger partial charge in [-0.1, -0.05) is 0 Å². The molecule has 0 unspecified atom stereocenters. The monoisotopic (exact) mass is 483 g/mol. The van der Waals surface area contributed by atoms with Crippen LogP contribution in [-0.4, -0.2) is 3.21 Å². The van der Waals surface area contributed by atoms with E-state index in [1.165, 1.54) is 22.3 Å². The molecular weight excluding hydrogens is 462 g/mol. The molecule has 0 aromatic heterocycles. The zero-order valence-corrected chi connectivity index (χ0v) is 19.9.